The second kappa shape index (κ2) is 9.42. The summed E-state index contributed by atoms with van der Waals surface area (Å²) in [4.78, 5) is 28.2. The molecule has 0 bridgehead atoms. The van der Waals surface area contributed by atoms with Gasteiger partial charge in [0.05, 0.1) is 40.5 Å². The van der Waals surface area contributed by atoms with Crippen LogP contribution in [0.1, 0.15) is 42.8 Å². The van der Waals surface area contributed by atoms with E-state index in [4.69, 9.17) is 4.98 Å². The Morgan fingerprint density at radius 3 is 2.69 bits per heavy atom. The van der Waals surface area contributed by atoms with Crippen molar-refractivity contribution in [2.45, 2.75) is 57.7 Å². The molecule has 3 aromatic heterocycles. The number of aromatic nitrogens is 4. The van der Waals surface area contributed by atoms with E-state index in [1.165, 1.54) is 42.6 Å². The molecule has 5 rings (SSSR count). The zero-order valence-electron chi connectivity index (χ0n) is 18.3. The number of hydrogen-bond donors (Lipinski definition) is 1. The number of piperidine rings is 1. The van der Waals surface area contributed by atoms with Crippen LogP contribution in [0.3, 0.4) is 0 Å². The first-order valence-corrected chi connectivity index (χ1v) is 11.6. The van der Waals surface area contributed by atoms with Gasteiger partial charge in [-0.1, -0.05) is 0 Å². The smallest absolute Gasteiger partial charge is 0.251 e. The first-order valence-electron chi connectivity index (χ1n) is 11.6. The number of aryl methyl sites for hydroxylation is 2. The van der Waals surface area contributed by atoms with Gasteiger partial charge in [-0.25, -0.2) is 4.39 Å². The maximum atomic E-state index is 13.7. The zero-order chi connectivity index (χ0) is 21.9. The predicted octanol–water partition coefficient (Wildman–Crippen LogP) is 2.46. The van der Waals surface area contributed by atoms with Gasteiger partial charge in [0.2, 0.25) is 0 Å². The number of fused-ring (bicyclic) bond motifs is 2. The molecule has 1 saturated heterocycles. The molecule has 0 atom stereocenters. The van der Waals surface area contributed by atoms with Crippen molar-refractivity contribution in [1.82, 2.24) is 29.7 Å². The second-order valence-corrected chi connectivity index (χ2v) is 8.84. The lowest BCUT2D eigenvalue weighted by Crippen LogP contribution is -2.43. The van der Waals surface area contributed by atoms with Gasteiger partial charge in [-0.15, -0.1) is 0 Å². The number of likely N-dealkylation sites (tertiary alicyclic amines) is 1. The molecule has 1 aliphatic heterocycles. The number of nitrogens with zero attached hydrogens (tertiary/aromatic N) is 5. The first-order chi connectivity index (χ1) is 15.7. The van der Waals surface area contributed by atoms with E-state index in [0.717, 1.165) is 57.6 Å². The fourth-order valence-electron chi connectivity index (χ4n) is 4.80. The third kappa shape index (κ3) is 4.71. The van der Waals surface area contributed by atoms with Gasteiger partial charge in [-0.2, -0.15) is 0 Å². The average Bonchev–Trinajstić information content (AvgIpc) is 2.82. The van der Waals surface area contributed by atoms with Crippen molar-refractivity contribution in [1.29, 1.82) is 0 Å². The largest absolute Gasteiger partial charge is 0.308 e. The molecule has 0 unspecified atom stereocenters. The Hall–Kier alpha value is -2.71. The van der Waals surface area contributed by atoms with E-state index in [2.05, 4.69) is 20.2 Å². The van der Waals surface area contributed by atoms with Crippen molar-refractivity contribution < 1.29 is 4.39 Å². The summed E-state index contributed by atoms with van der Waals surface area (Å²) in [6, 6.07) is 5.01. The molecule has 3 aromatic rings. The standard InChI is InChI=1S/C24H29FN6O/c25-17-13-23-22(27-14-17)5-6-24(32)31(23)12-11-30-9-7-18(8-10-30)26-15-19-16-28-20-3-1-2-4-21(20)29-19/h5-6,13-14,16,18,26H,1-4,7-12,15H2. The molecule has 0 saturated carbocycles. The van der Waals surface area contributed by atoms with Crippen LogP contribution in [0.2, 0.25) is 0 Å². The summed E-state index contributed by atoms with van der Waals surface area (Å²) in [5, 5.41) is 3.64. The van der Waals surface area contributed by atoms with Crippen molar-refractivity contribution in [2.75, 3.05) is 19.6 Å². The van der Waals surface area contributed by atoms with E-state index in [-0.39, 0.29) is 5.56 Å². The van der Waals surface area contributed by atoms with Gasteiger partial charge in [-0.3, -0.25) is 19.7 Å². The van der Waals surface area contributed by atoms with E-state index >= 15 is 0 Å². The molecule has 1 aliphatic carbocycles. The van der Waals surface area contributed by atoms with E-state index in [1.54, 1.807) is 10.6 Å². The van der Waals surface area contributed by atoms with Gasteiger partial charge in [0.25, 0.3) is 5.56 Å². The lowest BCUT2D eigenvalue weighted by atomic mass is 10.0. The first kappa shape index (κ1) is 21.2. The quantitative estimate of drug-likeness (QED) is 0.640. The van der Waals surface area contributed by atoms with Crippen LogP contribution in [-0.4, -0.2) is 50.1 Å². The summed E-state index contributed by atoms with van der Waals surface area (Å²) < 4.78 is 15.3. The number of halogens is 1. The van der Waals surface area contributed by atoms with E-state index in [1.807, 2.05) is 6.20 Å². The summed E-state index contributed by atoms with van der Waals surface area (Å²) in [5.41, 5.74) is 4.47. The minimum atomic E-state index is -0.424. The van der Waals surface area contributed by atoms with Crippen molar-refractivity contribution in [2.24, 2.45) is 0 Å². The molecule has 8 heteroatoms. The van der Waals surface area contributed by atoms with Gasteiger partial charge < -0.3 is 14.8 Å². The lowest BCUT2D eigenvalue weighted by Gasteiger charge is -2.32. The van der Waals surface area contributed by atoms with Gasteiger partial charge in [0, 0.05) is 37.8 Å². The molecule has 0 radical (unpaired) electrons. The summed E-state index contributed by atoms with van der Waals surface area (Å²) in [6.45, 7) is 4.00. The number of hydrogen-bond acceptors (Lipinski definition) is 6. The number of nitrogens with one attached hydrogen (secondary N) is 1. The molecule has 7 nitrogen and oxygen atoms in total. The van der Waals surface area contributed by atoms with Crippen molar-refractivity contribution >= 4 is 11.0 Å². The Balaban J connectivity index is 1.13. The number of pyridine rings is 2. The summed E-state index contributed by atoms with van der Waals surface area (Å²) >= 11 is 0. The third-order valence-electron chi connectivity index (χ3n) is 6.66. The predicted molar refractivity (Wildman–Crippen MR) is 121 cm³/mol. The van der Waals surface area contributed by atoms with Crippen LogP contribution in [0.15, 0.2) is 35.4 Å². The Labute approximate surface area is 186 Å². The topological polar surface area (TPSA) is 75.9 Å². The van der Waals surface area contributed by atoms with E-state index in [9.17, 15) is 9.18 Å². The highest BCUT2D eigenvalue weighted by Gasteiger charge is 2.20. The van der Waals surface area contributed by atoms with Crippen LogP contribution in [0.4, 0.5) is 4.39 Å². The minimum Gasteiger partial charge on any atom is -0.308 e. The lowest BCUT2D eigenvalue weighted by molar-refractivity contribution is 0.191. The summed E-state index contributed by atoms with van der Waals surface area (Å²) in [6.07, 6.45) is 9.77. The van der Waals surface area contributed by atoms with Crippen LogP contribution in [0.5, 0.6) is 0 Å². The van der Waals surface area contributed by atoms with Crippen LogP contribution >= 0.6 is 0 Å². The molecule has 1 fully saturated rings. The van der Waals surface area contributed by atoms with Gasteiger partial charge in [0.1, 0.15) is 5.82 Å². The highest BCUT2D eigenvalue weighted by atomic mass is 19.1. The fraction of sp³-hybridized carbons (Fsp3) is 0.500. The highest BCUT2D eigenvalue weighted by molar-refractivity contribution is 5.74. The SMILES string of the molecule is O=c1ccc2ncc(F)cc2n1CCN1CCC(NCc2cnc3c(n2)CCCC3)CC1. The molecule has 168 valence electrons. The Bertz CT molecular complexity index is 1150. The molecule has 0 spiro atoms. The second-order valence-electron chi connectivity index (χ2n) is 8.84. The van der Waals surface area contributed by atoms with E-state index in [0.29, 0.717) is 23.6 Å². The Kier molecular flexibility index (Phi) is 6.23. The van der Waals surface area contributed by atoms with E-state index < -0.39 is 5.82 Å². The minimum absolute atomic E-state index is 0.118. The molecule has 32 heavy (non-hydrogen) atoms. The third-order valence-corrected chi connectivity index (χ3v) is 6.66. The maximum absolute atomic E-state index is 13.7. The van der Waals surface area contributed by atoms with Crippen LogP contribution in [-0.2, 0) is 25.9 Å². The highest BCUT2D eigenvalue weighted by Crippen LogP contribution is 2.18. The average molecular weight is 437 g/mol. The molecule has 2 aliphatic rings. The number of rotatable bonds is 6. The van der Waals surface area contributed by atoms with Crippen molar-refractivity contribution in [3.63, 3.8) is 0 Å². The molecular weight excluding hydrogens is 407 g/mol. The molecular formula is C24H29FN6O. The summed E-state index contributed by atoms with van der Waals surface area (Å²) in [7, 11) is 0. The van der Waals surface area contributed by atoms with Gasteiger partial charge in [0.15, 0.2) is 0 Å². The zero-order valence-corrected chi connectivity index (χ0v) is 18.3. The van der Waals surface area contributed by atoms with Crippen LogP contribution < -0.4 is 10.9 Å². The maximum Gasteiger partial charge on any atom is 0.251 e. The molecule has 1 N–H and O–H groups in total. The van der Waals surface area contributed by atoms with Gasteiger partial charge >= 0.3 is 0 Å². The fourth-order valence-corrected chi connectivity index (χ4v) is 4.80. The Morgan fingerprint density at radius 2 is 1.84 bits per heavy atom. The van der Waals surface area contributed by atoms with Crippen LogP contribution in [0, 0.1) is 5.82 Å². The monoisotopic (exact) mass is 436 g/mol. The molecule has 0 aromatic carbocycles. The van der Waals surface area contributed by atoms with Crippen molar-refractivity contribution in [3.05, 3.63) is 63.8 Å². The Morgan fingerprint density at radius 1 is 1.03 bits per heavy atom. The van der Waals surface area contributed by atoms with Crippen LogP contribution in [0.25, 0.3) is 11.0 Å². The molecule has 0 amide bonds. The van der Waals surface area contributed by atoms with Crippen molar-refractivity contribution in [3.8, 4) is 0 Å². The van der Waals surface area contributed by atoms with Gasteiger partial charge in [-0.05, 0) is 57.7 Å². The molecule has 4 heterocycles. The summed E-state index contributed by atoms with van der Waals surface area (Å²) in [5.74, 6) is -0.424. The normalized spacial score (nSPS) is 17.5.